The summed E-state index contributed by atoms with van der Waals surface area (Å²) >= 11 is 6.02. The van der Waals surface area contributed by atoms with Gasteiger partial charge in [-0.15, -0.1) is 0 Å². The van der Waals surface area contributed by atoms with Gasteiger partial charge < -0.3 is 10.2 Å². The van der Waals surface area contributed by atoms with Crippen molar-refractivity contribution in [2.45, 2.75) is 45.7 Å². The number of carbonyl (C=O) groups excluding carboxylic acids is 1. The largest absolute Gasteiger partial charge is 0.344 e. The van der Waals surface area contributed by atoms with Crippen molar-refractivity contribution < 1.29 is 9.18 Å². The van der Waals surface area contributed by atoms with E-state index < -0.39 is 5.82 Å². The molecular formula is C23H30ClFN2O. The number of hydrogen-bond acceptors (Lipinski definition) is 2. The van der Waals surface area contributed by atoms with E-state index in [0.717, 1.165) is 24.9 Å². The fourth-order valence-electron chi connectivity index (χ4n) is 3.42. The quantitative estimate of drug-likeness (QED) is 0.580. The number of likely N-dealkylation sites (N-methyl/N-ethyl adjacent to an activating group) is 1. The highest BCUT2D eigenvalue weighted by molar-refractivity contribution is 6.34. The van der Waals surface area contributed by atoms with Gasteiger partial charge in [-0.25, -0.2) is 4.39 Å². The molecule has 28 heavy (non-hydrogen) atoms. The van der Waals surface area contributed by atoms with Gasteiger partial charge in [-0.1, -0.05) is 74.7 Å². The number of halogens is 2. The minimum absolute atomic E-state index is 0.0549. The van der Waals surface area contributed by atoms with Crippen molar-refractivity contribution in [1.82, 2.24) is 10.2 Å². The average Bonchev–Trinajstić information content (AvgIpc) is 2.71. The highest BCUT2D eigenvalue weighted by atomic mass is 35.5. The summed E-state index contributed by atoms with van der Waals surface area (Å²) in [5.41, 5.74) is 1.16. The van der Waals surface area contributed by atoms with Crippen molar-refractivity contribution in [3.63, 3.8) is 0 Å². The van der Waals surface area contributed by atoms with Crippen LogP contribution < -0.4 is 5.32 Å². The van der Waals surface area contributed by atoms with Crippen molar-refractivity contribution >= 4 is 17.5 Å². The van der Waals surface area contributed by atoms with E-state index in [9.17, 15) is 9.18 Å². The van der Waals surface area contributed by atoms with E-state index in [1.807, 2.05) is 30.3 Å². The van der Waals surface area contributed by atoms with E-state index in [-0.39, 0.29) is 28.6 Å². The van der Waals surface area contributed by atoms with Crippen molar-refractivity contribution in [2.75, 3.05) is 13.6 Å². The van der Waals surface area contributed by atoms with Crippen molar-refractivity contribution in [3.05, 3.63) is 70.5 Å². The van der Waals surface area contributed by atoms with Crippen LogP contribution in [0, 0.1) is 11.7 Å². The lowest BCUT2D eigenvalue weighted by Crippen LogP contribution is -2.44. The molecule has 0 spiro atoms. The molecule has 0 aliphatic rings. The lowest BCUT2D eigenvalue weighted by molar-refractivity contribution is 0.0897. The molecule has 3 nitrogen and oxygen atoms in total. The first-order valence-electron chi connectivity index (χ1n) is 9.89. The van der Waals surface area contributed by atoms with Gasteiger partial charge in [0.25, 0.3) is 5.91 Å². The maximum absolute atomic E-state index is 13.8. The molecule has 0 aromatic heterocycles. The second-order valence-corrected chi connectivity index (χ2v) is 7.70. The molecule has 0 fully saturated rings. The smallest absolute Gasteiger partial charge is 0.253 e. The average molecular weight is 405 g/mol. The molecule has 2 aromatic carbocycles. The maximum atomic E-state index is 13.8. The maximum Gasteiger partial charge on any atom is 0.253 e. The molecule has 2 rings (SSSR count). The SMILES string of the molecule is CCC(CC)CN(C)C(C)[C@H](NC(=O)c1cccc(F)c1Cl)c1ccccc1. The second-order valence-electron chi connectivity index (χ2n) is 7.33. The van der Waals surface area contributed by atoms with Crippen LogP contribution in [0.4, 0.5) is 4.39 Å². The molecule has 1 N–H and O–H groups in total. The summed E-state index contributed by atoms with van der Waals surface area (Å²) in [6, 6.07) is 14.0. The number of nitrogens with zero attached hydrogens (tertiary/aromatic N) is 1. The zero-order chi connectivity index (χ0) is 20.7. The Kier molecular flexibility index (Phi) is 8.46. The topological polar surface area (TPSA) is 32.3 Å². The molecule has 2 aromatic rings. The predicted molar refractivity (Wildman–Crippen MR) is 114 cm³/mol. The van der Waals surface area contributed by atoms with Crippen LogP contribution in [0.1, 0.15) is 55.6 Å². The van der Waals surface area contributed by atoms with Gasteiger partial charge >= 0.3 is 0 Å². The van der Waals surface area contributed by atoms with Crippen LogP contribution >= 0.6 is 11.6 Å². The minimum atomic E-state index is -0.593. The van der Waals surface area contributed by atoms with Crippen LogP contribution in [-0.2, 0) is 0 Å². The van der Waals surface area contributed by atoms with Crippen LogP contribution in [0.5, 0.6) is 0 Å². The van der Waals surface area contributed by atoms with E-state index in [4.69, 9.17) is 11.6 Å². The third-order valence-electron chi connectivity index (χ3n) is 5.52. The fourth-order valence-corrected chi connectivity index (χ4v) is 3.63. The number of nitrogens with one attached hydrogen (secondary N) is 1. The zero-order valence-corrected chi connectivity index (χ0v) is 17.8. The van der Waals surface area contributed by atoms with Gasteiger partial charge in [0.2, 0.25) is 0 Å². The molecule has 0 saturated carbocycles. The lowest BCUT2D eigenvalue weighted by atomic mass is 9.96. The van der Waals surface area contributed by atoms with Gasteiger partial charge in [-0.2, -0.15) is 0 Å². The van der Waals surface area contributed by atoms with Gasteiger partial charge in [-0.05, 0) is 37.6 Å². The molecule has 2 atom stereocenters. The van der Waals surface area contributed by atoms with Crippen LogP contribution in [0.25, 0.3) is 0 Å². The summed E-state index contributed by atoms with van der Waals surface area (Å²) in [6.45, 7) is 7.46. The predicted octanol–water partition coefficient (Wildman–Crippen LogP) is 5.71. The first kappa shape index (κ1) is 22.4. The summed E-state index contributed by atoms with van der Waals surface area (Å²) in [7, 11) is 2.08. The second kappa shape index (κ2) is 10.6. The van der Waals surface area contributed by atoms with E-state index in [0.29, 0.717) is 5.92 Å². The Morgan fingerprint density at radius 2 is 1.75 bits per heavy atom. The highest BCUT2D eigenvalue weighted by Gasteiger charge is 2.27. The van der Waals surface area contributed by atoms with Crippen LogP contribution in [0.3, 0.4) is 0 Å². The Morgan fingerprint density at radius 3 is 2.36 bits per heavy atom. The Hall–Kier alpha value is -1.91. The first-order chi connectivity index (χ1) is 13.4. The Labute approximate surface area is 172 Å². The third-order valence-corrected chi connectivity index (χ3v) is 5.90. The molecule has 1 amide bonds. The van der Waals surface area contributed by atoms with E-state index in [1.54, 1.807) is 6.07 Å². The van der Waals surface area contributed by atoms with Gasteiger partial charge in [-0.3, -0.25) is 4.79 Å². The molecule has 0 heterocycles. The van der Waals surface area contributed by atoms with Gasteiger partial charge in [0, 0.05) is 12.6 Å². The molecule has 5 heteroatoms. The summed E-state index contributed by atoms with van der Waals surface area (Å²) in [6.07, 6.45) is 2.24. The monoisotopic (exact) mass is 404 g/mol. The molecule has 1 unspecified atom stereocenters. The van der Waals surface area contributed by atoms with Crippen LogP contribution in [0.2, 0.25) is 5.02 Å². The molecule has 0 saturated heterocycles. The zero-order valence-electron chi connectivity index (χ0n) is 17.1. The van der Waals surface area contributed by atoms with Gasteiger partial charge in [0.15, 0.2) is 0 Å². The number of hydrogen-bond donors (Lipinski definition) is 1. The summed E-state index contributed by atoms with van der Waals surface area (Å²) < 4.78 is 13.8. The van der Waals surface area contributed by atoms with Gasteiger partial charge in [0.1, 0.15) is 5.82 Å². The van der Waals surface area contributed by atoms with E-state index in [1.165, 1.54) is 12.1 Å². The van der Waals surface area contributed by atoms with E-state index in [2.05, 4.69) is 38.0 Å². The summed E-state index contributed by atoms with van der Waals surface area (Å²) in [5, 5.41) is 2.93. The third kappa shape index (κ3) is 5.55. The summed E-state index contributed by atoms with van der Waals surface area (Å²) in [4.78, 5) is 15.2. The number of carbonyl (C=O) groups is 1. The molecule has 0 radical (unpaired) electrons. The normalized spacial score (nSPS) is 13.6. The van der Waals surface area contributed by atoms with E-state index >= 15 is 0 Å². The fraction of sp³-hybridized carbons (Fsp3) is 0.435. The first-order valence-corrected chi connectivity index (χ1v) is 10.3. The molecule has 0 aliphatic heterocycles. The molecule has 0 bridgehead atoms. The van der Waals surface area contributed by atoms with Gasteiger partial charge in [0.05, 0.1) is 16.6 Å². The summed E-state index contributed by atoms with van der Waals surface area (Å²) in [5.74, 6) is -0.358. The number of rotatable bonds is 9. The van der Waals surface area contributed by atoms with Crippen molar-refractivity contribution in [2.24, 2.45) is 5.92 Å². The Morgan fingerprint density at radius 1 is 1.11 bits per heavy atom. The Bertz CT molecular complexity index is 764. The van der Waals surface area contributed by atoms with Crippen LogP contribution in [0.15, 0.2) is 48.5 Å². The molecule has 0 aliphatic carbocycles. The standard InChI is InChI=1S/C23H30ClFN2O/c1-5-17(6-2)15-27(4)16(3)22(18-11-8-7-9-12-18)26-23(28)19-13-10-14-20(25)21(19)24/h7-14,16-17,22H,5-6,15H2,1-4H3,(H,26,28)/t16?,22-/m0/s1. The molecular weight excluding hydrogens is 375 g/mol. The Balaban J connectivity index is 2.27. The minimum Gasteiger partial charge on any atom is -0.344 e. The number of amides is 1. The van der Waals surface area contributed by atoms with Crippen LogP contribution in [-0.4, -0.2) is 30.4 Å². The number of benzene rings is 2. The highest BCUT2D eigenvalue weighted by Crippen LogP contribution is 2.25. The lowest BCUT2D eigenvalue weighted by Gasteiger charge is -2.35. The van der Waals surface area contributed by atoms with Crippen molar-refractivity contribution in [1.29, 1.82) is 0 Å². The van der Waals surface area contributed by atoms with Crippen molar-refractivity contribution in [3.8, 4) is 0 Å². The molecule has 152 valence electrons.